The lowest BCUT2D eigenvalue weighted by Gasteiger charge is -2.37. The molecule has 0 bridgehead atoms. The fourth-order valence-electron chi connectivity index (χ4n) is 4.36. The van der Waals surface area contributed by atoms with Crippen molar-refractivity contribution < 1.29 is 28.5 Å². The van der Waals surface area contributed by atoms with Crippen LogP contribution in [0.2, 0.25) is 0 Å². The number of rotatable bonds is 8. The highest BCUT2D eigenvalue weighted by Gasteiger charge is 2.33. The quantitative estimate of drug-likeness (QED) is 0.501. The smallest absolute Gasteiger partial charge is 0.254 e. The number of fused-ring (bicyclic) bond motifs is 1. The molecule has 0 saturated heterocycles. The van der Waals surface area contributed by atoms with Gasteiger partial charge >= 0.3 is 0 Å². The summed E-state index contributed by atoms with van der Waals surface area (Å²) in [5, 5.41) is 2.72. The minimum absolute atomic E-state index is 0.117. The Kier molecular flexibility index (Phi) is 7.63. The molecule has 1 atom stereocenters. The predicted octanol–water partition coefficient (Wildman–Crippen LogP) is 4.49. The summed E-state index contributed by atoms with van der Waals surface area (Å²) < 4.78 is 22.4. The van der Waals surface area contributed by atoms with Crippen LogP contribution < -0.4 is 24.3 Å². The van der Waals surface area contributed by atoms with Crippen LogP contribution in [0.1, 0.15) is 34.5 Å². The maximum absolute atomic E-state index is 13.6. The SMILES string of the molecule is COc1ccc(OCC2c3cc(OC)c(OC)cc3CCN2C(=O)c2ccc(NC(C)=O)cc2)cc1. The summed E-state index contributed by atoms with van der Waals surface area (Å²) >= 11 is 0. The summed E-state index contributed by atoms with van der Waals surface area (Å²) in [6.45, 7) is 2.22. The number of nitrogens with zero attached hydrogens (tertiary/aromatic N) is 1. The number of hydrogen-bond donors (Lipinski definition) is 1. The summed E-state index contributed by atoms with van der Waals surface area (Å²) in [6, 6.07) is 17.8. The highest BCUT2D eigenvalue weighted by molar-refractivity contribution is 5.96. The highest BCUT2D eigenvalue weighted by Crippen LogP contribution is 2.39. The van der Waals surface area contributed by atoms with Gasteiger partial charge in [-0.25, -0.2) is 0 Å². The monoisotopic (exact) mass is 490 g/mol. The van der Waals surface area contributed by atoms with Crippen LogP contribution in [0.5, 0.6) is 23.0 Å². The van der Waals surface area contributed by atoms with Crippen LogP contribution in [0.3, 0.4) is 0 Å². The normalized spacial score (nSPS) is 14.4. The van der Waals surface area contributed by atoms with E-state index in [1.807, 2.05) is 41.3 Å². The third-order valence-corrected chi connectivity index (χ3v) is 6.18. The van der Waals surface area contributed by atoms with E-state index in [1.54, 1.807) is 45.6 Å². The lowest BCUT2D eigenvalue weighted by Crippen LogP contribution is -2.42. The number of nitrogens with one attached hydrogen (secondary N) is 1. The zero-order valence-corrected chi connectivity index (χ0v) is 20.9. The summed E-state index contributed by atoms with van der Waals surface area (Å²) in [5.41, 5.74) is 3.21. The van der Waals surface area contributed by atoms with Crippen LogP contribution in [0.4, 0.5) is 5.69 Å². The largest absolute Gasteiger partial charge is 0.497 e. The van der Waals surface area contributed by atoms with E-state index >= 15 is 0 Å². The van der Waals surface area contributed by atoms with Crippen molar-refractivity contribution in [1.82, 2.24) is 4.90 Å². The van der Waals surface area contributed by atoms with Gasteiger partial charge in [-0.15, -0.1) is 0 Å². The number of anilines is 1. The average molecular weight is 491 g/mol. The van der Waals surface area contributed by atoms with E-state index in [0.717, 1.165) is 16.9 Å². The first kappa shape index (κ1) is 24.9. The molecule has 8 heteroatoms. The standard InChI is InChI=1S/C28H30N2O6/c1-18(31)29-21-7-5-19(6-8-21)28(32)30-14-13-20-15-26(34-3)27(35-4)16-24(20)25(30)17-36-23-11-9-22(33-2)10-12-23/h5-12,15-16,25H,13-14,17H2,1-4H3,(H,29,31). The molecule has 1 heterocycles. The van der Waals surface area contributed by atoms with Crippen LogP contribution in [0.25, 0.3) is 0 Å². The Bertz CT molecular complexity index is 1220. The summed E-state index contributed by atoms with van der Waals surface area (Å²) in [6.07, 6.45) is 0.671. The maximum Gasteiger partial charge on any atom is 0.254 e. The van der Waals surface area contributed by atoms with E-state index in [2.05, 4.69) is 5.32 Å². The summed E-state index contributed by atoms with van der Waals surface area (Å²) in [5.74, 6) is 2.38. The number of ether oxygens (including phenoxy) is 4. The molecule has 3 aromatic rings. The Labute approximate surface area is 210 Å². The van der Waals surface area contributed by atoms with E-state index in [4.69, 9.17) is 18.9 Å². The van der Waals surface area contributed by atoms with E-state index < -0.39 is 0 Å². The third-order valence-electron chi connectivity index (χ3n) is 6.18. The van der Waals surface area contributed by atoms with Crippen LogP contribution in [0, 0.1) is 0 Å². The fraction of sp³-hybridized carbons (Fsp3) is 0.286. The van der Waals surface area contributed by atoms with E-state index in [0.29, 0.717) is 41.5 Å². The molecule has 1 aliphatic heterocycles. The second-order valence-electron chi connectivity index (χ2n) is 8.42. The van der Waals surface area contributed by atoms with E-state index in [-0.39, 0.29) is 24.5 Å². The molecule has 188 valence electrons. The van der Waals surface area contributed by atoms with Crippen LogP contribution in [-0.4, -0.2) is 51.2 Å². The van der Waals surface area contributed by atoms with Crippen molar-refractivity contribution in [2.24, 2.45) is 0 Å². The summed E-state index contributed by atoms with van der Waals surface area (Å²) in [4.78, 5) is 26.8. The molecule has 3 aromatic carbocycles. The van der Waals surface area contributed by atoms with Crippen molar-refractivity contribution in [3.8, 4) is 23.0 Å². The molecule has 0 saturated carbocycles. The molecule has 8 nitrogen and oxygen atoms in total. The Morgan fingerprint density at radius 3 is 2.14 bits per heavy atom. The highest BCUT2D eigenvalue weighted by atomic mass is 16.5. The lowest BCUT2D eigenvalue weighted by atomic mass is 9.91. The number of carbonyl (C=O) groups excluding carboxylic acids is 2. The molecule has 4 rings (SSSR count). The Morgan fingerprint density at radius 2 is 1.53 bits per heavy atom. The van der Waals surface area contributed by atoms with E-state index in [9.17, 15) is 9.59 Å². The van der Waals surface area contributed by atoms with Gasteiger partial charge in [-0.05, 0) is 78.2 Å². The van der Waals surface area contributed by atoms with E-state index in [1.165, 1.54) is 6.92 Å². The van der Waals surface area contributed by atoms with Gasteiger partial charge in [0, 0.05) is 24.7 Å². The molecule has 0 spiro atoms. The average Bonchev–Trinajstić information content (AvgIpc) is 2.90. The maximum atomic E-state index is 13.6. The van der Waals surface area contributed by atoms with Crippen LogP contribution in [0.15, 0.2) is 60.7 Å². The minimum atomic E-state index is -0.349. The third kappa shape index (κ3) is 5.38. The first-order valence-electron chi connectivity index (χ1n) is 11.6. The zero-order valence-electron chi connectivity index (χ0n) is 20.9. The Hall–Kier alpha value is -4.20. The van der Waals surface area contributed by atoms with Gasteiger partial charge in [-0.1, -0.05) is 0 Å². The van der Waals surface area contributed by atoms with Gasteiger partial charge < -0.3 is 29.2 Å². The predicted molar refractivity (Wildman–Crippen MR) is 136 cm³/mol. The van der Waals surface area contributed by atoms with Crippen molar-refractivity contribution in [2.45, 2.75) is 19.4 Å². The van der Waals surface area contributed by atoms with Crippen molar-refractivity contribution >= 4 is 17.5 Å². The van der Waals surface area contributed by atoms with Gasteiger partial charge in [0.25, 0.3) is 5.91 Å². The van der Waals surface area contributed by atoms with Gasteiger partial charge in [0.2, 0.25) is 5.91 Å². The lowest BCUT2D eigenvalue weighted by molar-refractivity contribution is -0.114. The molecule has 2 amide bonds. The molecule has 36 heavy (non-hydrogen) atoms. The van der Waals surface area contributed by atoms with Gasteiger partial charge in [0.05, 0.1) is 27.4 Å². The zero-order chi connectivity index (χ0) is 25.7. The first-order valence-corrected chi connectivity index (χ1v) is 11.6. The van der Waals surface area contributed by atoms with Crippen LogP contribution >= 0.6 is 0 Å². The number of carbonyl (C=O) groups is 2. The molecule has 1 unspecified atom stereocenters. The fourth-order valence-corrected chi connectivity index (χ4v) is 4.36. The van der Waals surface area contributed by atoms with Gasteiger partial charge in [0.1, 0.15) is 18.1 Å². The van der Waals surface area contributed by atoms with Crippen molar-refractivity contribution in [1.29, 1.82) is 0 Å². The van der Waals surface area contributed by atoms with Gasteiger partial charge in [-0.2, -0.15) is 0 Å². The first-order chi connectivity index (χ1) is 17.4. The van der Waals surface area contributed by atoms with Gasteiger partial charge in [0.15, 0.2) is 11.5 Å². The van der Waals surface area contributed by atoms with Crippen molar-refractivity contribution in [3.63, 3.8) is 0 Å². The molecule has 0 fully saturated rings. The van der Waals surface area contributed by atoms with Crippen molar-refractivity contribution in [3.05, 3.63) is 77.4 Å². The molecule has 0 aromatic heterocycles. The number of hydrogen-bond acceptors (Lipinski definition) is 6. The molecule has 0 radical (unpaired) electrons. The van der Waals surface area contributed by atoms with Crippen LogP contribution in [-0.2, 0) is 11.2 Å². The molecular weight excluding hydrogens is 460 g/mol. The Balaban J connectivity index is 1.65. The minimum Gasteiger partial charge on any atom is -0.497 e. The second kappa shape index (κ2) is 11.0. The Morgan fingerprint density at radius 1 is 0.889 bits per heavy atom. The molecule has 0 aliphatic carbocycles. The number of methoxy groups -OCH3 is 3. The van der Waals surface area contributed by atoms with Gasteiger partial charge in [-0.3, -0.25) is 9.59 Å². The molecule has 1 aliphatic rings. The molecule has 1 N–H and O–H groups in total. The second-order valence-corrected chi connectivity index (χ2v) is 8.42. The summed E-state index contributed by atoms with van der Waals surface area (Å²) in [7, 11) is 4.82. The number of amides is 2. The number of benzene rings is 3. The molecular formula is C28H30N2O6. The van der Waals surface area contributed by atoms with Crippen molar-refractivity contribution in [2.75, 3.05) is 39.8 Å². The topological polar surface area (TPSA) is 86.3 Å².